The molecule has 1 aliphatic rings. The summed E-state index contributed by atoms with van der Waals surface area (Å²) < 4.78 is 0. The van der Waals surface area contributed by atoms with Crippen LogP contribution in [-0.2, 0) is 16.1 Å². The number of carboxylic acid groups (broad SMARTS) is 1. The molecule has 96 valence electrons. The van der Waals surface area contributed by atoms with Crippen LogP contribution in [0, 0.1) is 11.8 Å². The van der Waals surface area contributed by atoms with E-state index in [9.17, 15) is 9.59 Å². The fourth-order valence-corrected chi connectivity index (χ4v) is 2.74. The van der Waals surface area contributed by atoms with Gasteiger partial charge in [-0.1, -0.05) is 18.2 Å². The van der Waals surface area contributed by atoms with Crippen LogP contribution in [0.15, 0.2) is 29.7 Å². The summed E-state index contributed by atoms with van der Waals surface area (Å²) in [6.07, 6.45) is 4.66. The summed E-state index contributed by atoms with van der Waals surface area (Å²) in [5.74, 6) is -2.11. The first kappa shape index (κ1) is 12.8. The predicted molar refractivity (Wildman–Crippen MR) is 69.2 cm³/mol. The Hall–Kier alpha value is -1.62. The van der Waals surface area contributed by atoms with Crippen molar-refractivity contribution in [2.45, 2.75) is 19.4 Å². The van der Waals surface area contributed by atoms with E-state index in [-0.39, 0.29) is 5.91 Å². The lowest BCUT2D eigenvalue weighted by molar-refractivity contribution is -0.147. The number of hydrogen-bond donors (Lipinski definition) is 2. The number of nitrogens with one attached hydrogen (secondary N) is 1. The molecule has 0 aromatic carbocycles. The molecule has 1 amide bonds. The Labute approximate surface area is 109 Å². The molecule has 0 unspecified atom stereocenters. The van der Waals surface area contributed by atoms with Gasteiger partial charge in [-0.25, -0.2) is 0 Å². The lowest BCUT2D eigenvalue weighted by Gasteiger charge is -2.24. The Morgan fingerprint density at radius 3 is 2.67 bits per heavy atom. The lowest BCUT2D eigenvalue weighted by atomic mass is 9.82. The maximum absolute atomic E-state index is 12.0. The van der Waals surface area contributed by atoms with Gasteiger partial charge in [0, 0.05) is 4.88 Å². The Morgan fingerprint density at radius 1 is 1.33 bits per heavy atom. The topological polar surface area (TPSA) is 66.4 Å². The summed E-state index contributed by atoms with van der Waals surface area (Å²) >= 11 is 1.57. The lowest BCUT2D eigenvalue weighted by Crippen LogP contribution is -2.38. The van der Waals surface area contributed by atoms with Crippen LogP contribution in [0.25, 0.3) is 0 Å². The van der Waals surface area contributed by atoms with Crippen molar-refractivity contribution in [3.63, 3.8) is 0 Å². The van der Waals surface area contributed by atoms with Crippen molar-refractivity contribution in [1.82, 2.24) is 5.32 Å². The zero-order valence-corrected chi connectivity index (χ0v) is 10.7. The third-order valence-corrected chi connectivity index (χ3v) is 3.98. The number of amides is 1. The van der Waals surface area contributed by atoms with Crippen molar-refractivity contribution >= 4 is 23.2 Å². The molecule has 0 saturated carbocycles. The zero-order chi connectivity index (χ0) is 13.0. The largest absolute Gasteiger partial charge is 0.481 e. The van der Waals surface area contributed by atoms with Crippen molar-refractivity contribution in [3.05, 3.63) is 34.5 Å². The molecule has 0 saturated heterocycles. The Bertz CT molecular complexity index is 453. The third kappa shape index (κ3) is 2.98. The third-order valence-electron chi connectivity index (χ3n) is 3.10. The van der Waals surface area contributed by atoms with E-state index in [0.29, 0.717) is 19.4 Å². The predicted octanol–water partition coefficient (Wildman–Crippen LogP) is 2.03. The second kappa shape index (κ2) is 5.82. The number of thiophene rings is 1. The molecule has 1 aliphatic carbocycles. The molecule has 0 aliphatic heterocycles. The smallest absolute Gasteiger partial charge is 0.307 e. The average Bonchev–Trinajstić information content (AvgIpc) is 2.89. The highest BCUT2D eigenvalue weighted by atomic mass is 32.1. The first-order chi connectivity index (χ1) is 8.68. The Kier molecular flexibility index (Phi) is 4.15. The number of allylic oxidation sites excluding steroid dienone is 2. The molecule has 1 aromatic heterocycles. The van der Waals surface area contributed by atoms with Gasteiger partial charge in [-0.15, -0.1) is 11.3 Å². The summed E-state index contributed by atoms with van der Waals surface area (Å²) in [5.41, 5.74) is 0. The van der Waals surface area contributed by atoms with Gasteiger partial charge in [-0.2, -0.15) is 0 Å². The monoisotopic (exact) mass is 265 g/mol. The second-order valence-electron chi connectivity index (χ2n) is 4.29. The minimum Gasteiger partial charge on any atom is -0.481 e. The molecule has 18 heavy (non-hydrogen) atoms. The minimum atomic E-state index is -0.893. The van der Waals surface area contributed by atoms with Gasteiger partial charge in [-0.05, 0) is 24.3 Å². The maximum Gasteiger partial charge on any atom is 0.307 e. The Balaban J connectivity index is 1.94. The van der Waals surface area contributed by atoms with Crippen LogP contribution in [-0.4, -0.2) is 17.0 Å². The van der Waals surface area contributed by atoms with Crippen LogP contribution < -0.4 is 5.32 Å². The van der Waals surface area contributed by atoms with Crippen LogP contribution in [0.2, 0.25) is 0 Å². The number of carboxylic acids is 1. The normalized spacial score (nSPS) is 22.7. The zero-order valence-electron chi connectivity index (χ0n) is 9.83. The van der Waals surface area contributed by atoms with Crippen molar-refractivity contribution < 1.29 is 14.7 Å². The van der Waals surface area contributed by atoms with Crippen molar-refractivity contribution in [1.29, 1.82) is 0 Å². The van der Waals surface area contributed by atoms with E-state index in [1.165, 1.54) is 0 Å². The fourth-order valence-electron chi connectivity index (χ4n) is 2.10. The van der Waals surface area contributed by atoms with Crippen molar-refractivity contribution in [2.24, 2.45) is 11.8 Å². The molecule has 1 aromatic rings. The van der Waals surface area contributed by atoms with Crippen molar-refractivity contribution in [2.75, 3.05) is 0 Å². The standard InChI is InChI=1S/C13H15NO3S/c15-12(14-8-9-4-3-7-18-9)10-5-1-2-6-11(10)13(16)17/h1-4,7,10-11H,5-6,8H2,(H,14,15)(H,16,17)/t10-,11-/m1/s1. The molecule has 1 heterocycles. The van der Waals surface area contributed by atoms with Gasteiger partial charge in [-0.3, -0.25) is 9.59 Å². The van der Waals surface area contributed by atoms with Crippen LogP contribution in [0.1, 0.15) is 17.7 Å². The maximum atomic E-state index is 12.0. The first-order valence-electron chi connectivity index (χ1n) is 5.86. The minimum absolute atomic E-state index is 0.167. The molecule has 0 radical (unpaired) electrons. The molecule has 0 bridgehead atoms. The Morgan fingerprint density at radius 2 is 2.06 bits per heavy atom. The van der Waals surface area contributed by atoms with Crippen LogP contribution in [0.3, 0.4) is 0 Å². The van der Waals surface area contributed by atoms with Gasteiger partial charge in [0.2, 0.25) is 5.91 Å². The van der Waals surface area contributed by atoms with E-state index in [0.717, 1.165) is 4.88 Å². The number of aliphatic carboxylic acids is 1. The van der Waals surface area contributed by atoms with Gasteiger partial charge in [0.05, 0.1) is 18.4 Å². The molecule has 2 N–H and O–H groups in total. The molecule has 0 fully saturated rings. The quantitative estimate of drug-likeness (QED) is 0.819. The van der Waals surface area contributed by atoms with Gasteiger partial charge >= 0.3 is 5.97 Å². The molecular formula is C13H15NO3S. The second-order valence-corrected chi connectivity index (χ2v) is 5.32. The van der Waals surface area contributed by atoms with Gasteiger partial charge in [0.1, 0.15) is 0 Å². The summed E-state index contributed by atoms with van der Waals surface area (Å²) in [4.78, 5) is 24.2. The van der Waals surface area contributed by atoms with Crippen LogP contribution in [0.4, 0.5) is 0 Å². The van der Waals surface area contributed by atoms with Gasteiger partial charge in [0.15, 0.2) is 0 Å². The highest BCUT2D eigenvalue weighted by molar-refractivity contribution is 7.09. The number of hydrogen-bond acceptors (Lipinski definition) is 3. The van der Waals surface area contributed by atoms with E-state index in [1.807, 2.05) is 29.7 Å². The van der Waals surface area contributed by atoms with Gasteiger partial charge in [0.25, 0.3) is 0 Å². The molecule has 0 spiro atoms. The van der Waals surface area contributed by atoms with Crippen molar-refractivity contribution in [3.8, 4) is 0 Å². The van der Waals surface area contributed by atoms with Gasteiger partial charge < -0.3 is 10.4 Å². The number of carbonyl (C=O) groups is 2. The molecule has 2 atom stereocenters. The summed E-state index contributed by atoms with van der Waals surface area (Å²) in [6, 6.07) is 3.87. The van der Waals surface area contributed by atoms with E-state index < -0.39 is 17.8 Å². The first-order valence-corrected chi connectivity index (χ1v) is 6.74. The molecular weight excluding hydrogens is 250 g/mol. The summed E-state index contributed by atoms with van der Waals surface area (Å²) in [5, 5.41) is 13.9. The van der Waals surface area contributed by atoms with E-state index in [1.54, 1.807) is 11.3 Å². The fraction of sp³-hybridized carbons (Fsp3) is 0.385. The van der Waals surface area contributed by atoms with Crippen LogP contribution in [0.5, 0.6) is 0 Å². The SMILES string of the molecule is O=C(O)[C@@H]1CC=CC[C@H]1C(=O)NCc1cccs1. The molecule has 2 rings (SSSR count). The van der Waals surface area contributed by atoms with E-state index >= 15 is 0 Å². The summed E-state index contributed by atoms with van der Waals surface area (Å²) in [7, 11) is 0. The molecule has 4 nitrogen and oxygen atoms in total. The average molecular weight is 265 g/mol. The van der Waals surface area contributed by atoms with E-state index in [2.05, 4.69) is 5.32 Å². The number of carbonyl (C=O) groups excluding carboxylic acids is 1. The number of rotatable bonds is 4. The highest BCUT2D eigenvalue weighted by Crippen LogP contribution is 2.26. The molecule has 5 heteroatoms. The van der Waals surface area contributed by atoms with Crippen LogP contribution >= 0.6 is 11.3 Å². The van der Waals surface area contributed by atoms with E-state index in [4.69, 9.17) is 5.11 Å². The summed E-state index contributed by atoms with van der Waals surface area (Å²) in [6.45, 7) is 0.475. The highest BCUT2D eigenvalue weighted by Gasteiger charge is 2.33.